The lowest BCUT2D eigenvalue weighted by Crippen LogP contribution is -2.31. The normalized spacial score (nSPS) is 14.8. The van der Waals surface area contributed by atoms with Gasteiger partial charge in [0.15, 0.2) is 0 Å². The van der Waals surface area contributed by atoms with Crippen LogP contribution in [0, 0.1) is 17.7 Å². The first kappa shape index (κ1) is 15.6. The van der Waals surface area contributed by atoms with Gasteiger partial charge in [0.05, 0.1) is 0 Å². The Morgan fingerprint density at radius 2 is 1.83 bits per heavy atom. The van der Waals surface area contributed by atoms with Crippen molar-refractivity contribution in [3.05, 3.63) is 34.1 Å². The Balaban J connectivity index is 2.55. The minimum atomic E-state index is -0.187. The summed E-state index contributed by atoms with van der Waals surface area (Å²) in [6.45, 7) is 9.86. The van der Waals surface area contributed by atoms with E-state index in [1.54, 1.807) is 6.07 Å². The molecule has 0 spiro atoms. The lowest BCUT2D eigenvalue weighted by molar-refractivity contribution is 0.354. The fourth-order valence-electron chi connectivity index (χ4n) is 1.86. The summed E-state index contributed by atoms with van der Waals surface area (Å²) in [4.78, 5) is 0. The van der Waals surface area contributed by atoms with E-state index in [1.165, 1.54) is 11.6 Å². The molecule has 1 aromatic carbocycles. The molecule has 0 aliphatic heterocycles. The highest BCUT2D eigenvalue weighted by Crippen LogP contribution is 2.24. The summed E-state index contributed by atoms with van der Waals surface area (Å²) in [5.41, 5.74) is 1.18. The second kappa shape index (κ2) is 7.25. The molecule has 0 aliphatic carbocycles. The standard InChI is InChI=1S/C15H23BrFN/c1-10(2)18-9-12(4)11(3)7-13-5-6-14(17)8-15(13)16/h5-6,8,10-12,18H,7,9H2,1-4H3. The molecule has 2 atom stereocenters. The third-order valence-corrected chi connectivity index (χ3v) is 4.11. The van der Waals surface area contributed by atoms with Gasteiger partial charge in [-0.15, -0.1) is 0 Å². The van der Waals surface area contributed by atoms with Crippen molar-refractivity contribution in [1.29, 1.82) is 0 Å². The lowest BCUT2D eigenvalue weighted by atomic mass is 9.89. The zero-order valence-electron chi connectivity index (χ0n) is 11.6. The van der Waals surface area contributed by atoms with Crippen LogP contribution in [-0.2, 0) is 6.42 Å². The van der Waals surface area contributed by atoms with Crippen molar-refractivity contribution < 1.29 is 4.39 Å². The number of halogens is 2. The maximum atomic E-state index is 13.0. The molecule has 0 fully saturated rings. The van der Waals surface area contributed by atoms with Gasteiger partial charge in [-0.1, -0.05) is 49.7 Å². The van der Waals surface area contributed by atoms with Crippen molar-refractivity contribution in [1.82, 2.24) is 5.32 Å². The zero-order valence-corrected chi connectivity index (χ0v) is 13.2. The highest BCUT2D eigenvalue weighted by molar-refractivity contribution is 9.10. The first-order chi connectivity index (χ1) is 8.40. The molecular weight excluding hydrogens is 293 g/mol. The summed E-state index contributed by atoms with van der Waals surface area (Å²) in [6.07, 6.45) is 0.974. The summed E-state index contributed by atoms with van der Waals surface area (Å²) in [6, 6.07) is 5.47. The van der Waals surface area contributed by atoms with Crippen LogP contribution in [0.4, 0.5) is 4.39 Å². The maximum absolute atomic E-state index is 13.0. The topological polar surface area (TPSA) is 12.0 Å². The number of hydrogen-bond acceptors (Lipinski definition) is 1. The largest absolute Gasteiger partial charge is 0.314 e. The SMILES string of the molecule is CC(C)NCC(C)C(C)Cc1ccc(F)cc1Br. The first-order valence-corrected chi connectivity index (χ1v) is 7.36. The summed E-state index contributed by atoms with van der Waals surface area (Å²) in [7, 11) is 0. The molecule has 0 saturated heterocycles. The third kappa shape index (κ3) is 5.07. The second-order valence-corrected chi connectivity index (χ2v) is 6.31. The predicted molar refractivity (Wildman–Crippen MR) is 79.3 cm³/mol. The molecule has 0 saturated carbocycles. The average Bonchev–Trinajstić information content (AvgIpc) is 2.29. The van der Waals surface area contributed by atoms with E-state index in [0.717, 1.165) is 17.4 Å². The number of nitrogens with one attached hydrogen (secondary N) is 1. The Morgan fingerprint density at radius 1 is 1.17 bits per heavy atom. The molecule has 0 aliphatic rings. The molecule has 0 heterocycles. The van der Waals surface area contributed by atoms with Gasteiger partial charge < -0.3 is 5.32 Å². The van der Waals surface area contributed by atoms with Gasteiger partial charge in [0.2, 0.25) is 0 Å². The molecule has 0 radical (unpaired) electrons. The van der Waals surface area contributed by atoms with E-state index >= 15 is 0 Å². The van der Waals surface area contributed by atoms with Crippen molar-refractivity contribution in [3.63, 3.8) is 0 Å². The Bertz CT molecular complexity index is 379. The second-order valence-electron chi connectivity index (χ2n) is 5.46. The molecule has 18 heavy (non-hydrogen) atoms. The molecule has 0 amide bonds. The molecule has 0 bridgehead atoms. The van der Waals surface area contributed by atoms with E-state index in [4.69, 9.17) is 0 Å². The van der Waals surface area contributed by atoms with Crippen LogP contribution in [0.2, 0.25) is 0 Å². The van der Waals surface area contributed by atoms with Crippen molar-refractivity contribution in [2.24, 2.45) is 11.8 Å². The third-order valence-electron chi connectivity index (χ3n) is 3.38. The van der Waals surface area contributed by atoms with Gasteiger partial charge in [-0.3, -0.25) is 0 Å². The van der Waals surface area contributed by atoms with Gasteiger partial charge >= 0.3 is 0 Å². The molecule has 0 aromatic heterocycles. The van der Waals surface area contributed by atoms with Gasteiger partial charge in [0, 0.05) is 10.5 Å². The fourth-order valence-corrected chi connectivity index (χ4v) is 2.37. The number of rotatable bonds is 6. The average molecular weight is 316 g/mol. The maximum Gasteiger partial charge on any atom is 0.124 e. The van der Waals surface area contributed by atoms with Gasteiger partial charge in [-0.05, 0) is 42.5 Å². The highest BCUT2D eigenvalue weighted by Gasteiger charge is 2.14. The van der Waals surface area contributed by atoms with Crippen LogP contribution in [0.15, 0.2) is 22.7 Å². The minimum absolute atomic E-state index is 0.187. The predicted octanol–water partition coefficient (Wildman–Crippen LogP) is 4.40. The van der Waals surface area contributed by atoms with E-state index in [0.29, 0.717) is 17.9 Å². The lowest BCUT2D eigenvalue weighted by Gasteiger charge is -2.22. The van der Waals surface area contributed by atoms with E-state index in [-0.39, 0.29) is 5.82 Å². The molecular formula is C15H23BrFN. The van der Waals surface area contributed by atoms with E-state index in [9.17, 15) is 4.39 Å². The van der Waals surface area contributed by atoms with E-state index in [1.807, 2.05) is 6.07 Å². The Kier molecular flexibility index (Phi) is 6.30. The quantitative estimate of drug-likeness (QED) is 0.820. The summed E-state index contributed by atoms with van der Waals surface area (Å²) in [5, 5.41) is 3.46. The Hall–Kier alpha value is -0.410. The van der Waals surface area contributed by atoms with Crippen LogP contribution < -0.4 is 5.32 Å². The van der Waals surface area contributed by atoms with Crippen LogP contribution in [0.1, 0.15) is 33.3 Å². The highest BCUT2D eigenvalue weighted by atomic mass is 79.9. The van der Waals surface area contributed by atoms with Crippen molar-refractivity contribution in [3.8, 4) is 0 Å². The molecule has 1 rings (SSSR count). The van der Waals surface area contributed by atoms with Gasteiger partial charge in [-0.2, -0.15) is 0 Å². The molecule has 1 nitrogen and oxygen atoms in total. The molecule has 1 N–H and O–H groups in total. The van der Waals surface area contributed by atoms with Crippen LogP contribution in [0.3, 0.4) is 0 Å². The smallest absolute Gasteiger partial charge is 0.124 e. The molecule has 2 unspecified atom stereocenters. The Labute approximate surface area is 118 Å². The first-order valence-electron chi connectivity index (χ1n) is 6.57. The van der Waals surface area contributed by atoms with Crippen LogP contribution in [0.5, 0.6) is 0 Å². The fraction of sp³-hybridized carbons (Fsp3) is 0.600. The number of benzene rings is 1. The number of hydrogen-bond donors (Lipinski definition) is 1. The van der Waals surface area contributed by atoms with Crippen molar-refractivity contribution in [2.45, 2.75) is 40.2 Å². The minimum Gasteiger partial charge on any atom is -0.314 e. The summed E-state index contributed by atoms with van der Waals surface area (Å²) >= 11 is 3.43. The van der Waals surface area contributed by atoms with Gasteiger partial charge in [0.1, 0.15) is 5.82 Å². The molecule has 102 valence electrons. The molecule has 1 aromatic rings. The van der Waals surface area contributed by atoms with Gasteiger partial charge in [-0.25, -0.2) is 4.39 Å². The molecule has 3 heteroatoms. The van der Waals surface area contributed by atoms with Crippen LogP contribution in [-0.4, -0.2) is 12.6 Å². The van der Waals surface area contributed by atoms with E-state index in [2.05, 4.69) is 48.9 Å². The summed E-state index contributed by atoms with van der Waals surface area (Å²) in [5.74, 6) is 0.982. The van der Waals surface area contributed by atoms with E-state index < -0.39 is 0 Å². The Morgan fingerprint density at radius 3 is 2.39 bits per heavy atom. The van der Waals surface area contributed by atoms with Crippen molar-refractivity contribution >= 4 is 15.9 Å². The van der Waals surface area contributed by atoms with Crippen LogP contribution >= 0.6 is 15.9 Å². The zero-order chi connectivity index (χ0) is 13.7. The van der Waals surface area contributed by atoms with Crippen molar-refractivity contribution in [2.75, 3.05) is 6.54 Å². The van der Waals surface area contributed by atoms with Crippen LogP contribution in [0.25, 0.3) is 0 Å². The summed E-state index contributed by atoms with van der Waals surface area (Å²) < 4.78 is 13.9. The monoisotopic (exact) mass is 315 g/mol. The van der Waals surface area contributed by atoms with Gasteiger partial charge in [0.25, 0.3) is 0 Å².